The number of aryl methyl sites for hydroxylation is 2. The van der Waals surface area contributed by atoms with Crippen molar-refractivity contribution in [1.82, 2.24) is 0 Å². The molecule has 0 N–H and O–H groups in total. The maximum absolute atomic E-state index is 5.28. The molecule has 71 valence electrons. The van der Waals surface area contributed by atoms with E-state index >= 15 is 0 Å². The van der Waals surface area contributed by atoms with Crippen molar-refractivity contribution < 1.29 is 0 Å². The largest absolute Gasteiger partial charge is 0.0795 e. The third kappa shape index (κ3) is 2.22. The van der Waals surface area contributed by atoms with Gasteiger partial charge in [-0.15, -0.1) is 0 Å². The van der Waals surface area contributed by atoms with Crippen LogP contribution in [0.15, 0.2) is 17.0 Å². The minimum Gasteiger partial charge on any atom is -0.0795 e. The molecule has 0 saturated carbocycles. The molecular weight excluding hydrogens is 176 g/mol. The Morgan fingerprint density at radius 2 is 1.38 bits per heavy atom. The SMILES string of the molecule is Cc1cc(C(C)(C)C)cc(C)c1[S]. The van der Waals surface area contributed by atoms with Crippen molar-refractivity contribution in [3.63, 3.8) is 0 Å². The zero-order chi connectivity index (χ0) is 10.2. The summed E-state index contributed by atoms with van der Waals surface area (Å²) in [6, 6.07) is 4.41. The van der Waals surface area contributed by atoms with Gasteiger partial charge in [0.2, 0.25) is 0 Å². The van der Waals surface area contributed by atoms with Crippen molar-refractivity contribution in [1.29, 1.82) is 0 Å². The fourth-order valence-corrected chi connectivity index (χ4v) is 1.50. The maximum Gasteiger partial charge on any atom is 0.0435 e. The summed E-state index contributed by atoms with van der Waals surface area (Å²) in [6.07, 6.45) is 0. The van der Waals surface area contributed by atoms with Gasteiger partial charge in [0.25, 0.3) is 0 Å². The summed E-state index contributed by atoms with van der Waals surface area (Å²) in [5.41, 5.74) is 4.04. The molecule has 0 spiro atoms. The molecule has 0 heterocycles. The average Bonchev–Trinajstić information content (AvgIpc) is 1.97. The summed E-state index contributed by atoms with van der Waals surface area (Å²) >= 11 is 5.28. The highest BCUT2D eigenvalue weighted by atomic mass is 32.1. The van der Waals surface area contributed by atoms with E-state index in [1.807, 2.05) is 0 Å². The highest BCUT2D eigenvalue weighted by Crippen LogP contribution is 2.28. The van der Waals surface area contributed by atoms with E-state index in [4.69, 9.17) is 12.6 Å². The molecule has 1 heteroatoms. The second-order valence-corrected chi connectivity index (χ2v) is 5.10. The molecule has 0 unspecified atom stereocenters. The average molecular weight is 193 g/mol. The highest BCUT2D eigenvalue weighted by molar-refractivity contribution is 7.80. The zero-order valence-electron chi connectivity index (χ0n) is 9.06. The van der Waals surface area contributed by atoms with E-state index in [0.29, 0.717) is 0 Å². The maximum atomic E-state index is 5.28. The molecule has 1 aromatic carbocycles. The van der Waals surface area contributed by atoms with Gasteiger partial charge in [0.1, 0.15) is 0 Å². The standard InChI is InChI=1S/C12H17S/c1-8-6-10(12(3,4)5)7-9(2)11(8)13/h6-7H,1-5H3. The van der Waals surface area contributed by atoms with Crippen LogP contribution in [-0.2, 0) is 5.41 Å². The van der Waals surface area contributed by atoms with Crippen LogP contribution < -0.4 is 0 Å². The smallest absolute Gasteiger partial charge is 0.0435 e. The van der Waals surface area contributed by atoms with E-state index in [-0.39, 0.29) is 5.41 Å². The number of hydrogen-bond donors (Lipinski definition) is 0. The minimum absolute atomic E-state index is 0.221. The first-order valence-electron chi connectivity index (χ1n) is 4.61. The van der Waals surface area contributed by atoms with Crippen molar-refractivity contribution in [3.8, 4) is 0 Å². The lowest BCUT2D eigenvalue weighted by atomic mass is 9.85. The lowest BCUT2D eigenvalue weighted by Gasteiger charge is -2.21. The molecule has 0 atom stereocenters. The van der Waals surface area contributed by atoms with E-state index in [2.05, 4.69) is 46.8 Å². The lowest BCUT2D eigenvalue weighted by Crippen LogP contribution is -2.11. The Kier molecular flexibility index (Phi) is 2.67. The van der Waals surface area contributed by atoms with Gasteiger partial charge in [-0.3, -0.25) is 0 Å². The Hall–Kier alpha value is -0.560. The molecule has 0 saturated heterocycles. The van der Waals surface area contributed by atoms with Crippen molar-refractivity contribution in [2.24, 2.45) is 0 Å². The van der Waals surface area contributed by atoms with E-state index in [1.165, 1.54) is 16.7 Å². The molecule has 0 aliphatic heterocycles. The van der Waals surface area contributed by atoms with Crippen LogP contribution >= 0.6 is 12.6 Å². The van der Waals surface area contributed by atoms with Gasteiger partial charge in [0.15, 0.2) is 0 Å². The molecule has 0 bridgehead atoms. The normalized spacial score (nSPS) is 11.8. The van der Waals surface area contributed by atoms with Crippen LogP contribution in [0.1, 0.15) is 37.5 Å². The second kappa shape index (κ2) is 3.30. The molecule has 0 fully saturated rings. The molecule has 0 nitrogen and oxygen atoms in total. The van der Waals surface area contributed by atoms with Gasteiger partial charge < -0.3 is 0 Å². The Balaban J connectivity index is 3.29. The van der Waals surface area contributed by atoms with Gasteiger partial charge in [0, 0.05) is 4.90 Å². The second-order valence-electron chi connectivity index (χ2n) is 4.69. The summed E-state index contributed by atoms with van der Waals surface area (Å²) in [5.74, 6) is 0. The Morgan fingerprint density at radius 3 is 1.69 bits per heavy atom. The van der Waals surface area contributed by atoms with Crippen LogP contribution in [0.2, 0.25) is 0 Å². The molecule has 0 aliphatic carbocycles. The van der Waals surface area contributed by atoms with Gasteiger partial charge in [-0.25, -0.2) is 0 Å². The molecular formula is C12H17S. The fraction of sp³-hybridized carbons (Fsp3) is 0.500. The number of rotatable bonds is 0. The molecule has 0 aromatic heterocycles. The third-order valence-electron chi connectivity index (χ3n) is 2.33. The van der Waals surface area contributed by atoms with Crippen LogP contribution in [0, 0.1) is 13.8 Å². The van der Waals surface area contributed by atoms with E-state index < -0.39 is 0 Å². The topological polar surface area (TPSA) is 0 Å². The Labute approximate surface area is 86.8 Å². The van der Waals surface area contributed by atoms with E-state index in [1.54, 1.807) is 0 Å². The summed E-state index contributed by atoms with van der Waals surface area (Å²) in [5, 5.41) is 0. The van der Waals surface area contributed by atoms with Crippen LogP contribution in [0.25, 0.3) is 0 Å². The number of hydrogen-bond acceptors (Lipinski definition) is 0. The summed E-state index contributed by atoms with van der Waals surface area (Å²) < 4.78 is 0. The van der Waals surface area contributed by atoms with Crippen molar-refractivity contribution in [2.75, 3.05) is 0 Å². The van der Waals surface area contributed by atoms with Gasteiger partial charge in [-0.1, -0.05) is 45.5 Å². The van der Waals surface area contributed by atoms with Gasteiger partial charge in [-0.05, 0) is 36.0 Å². The van der Waals surface area contributed by atoms with Crippen molar-refractivity contribution >= 4 is 12.6 Å². The summed E-state index contributed by atoms with van der Waals surface area (Å²) in [6.45, 7) is 10.9. The molecule has 0 aliphatic rings. The van der Waals surface area contributed by atoms with E-state index in [0.717, 1.165) is 4.90 Å². The summed E-state index contributed by atoms with van der Waals surface area (Å²) in [7, 11) is 0. The van der Waals surface area contributed by atoms with Crippen LogP contribution in [0.4, 0.5) is 0 Å². The lowest BCUT2D eigenvalue weighted by molar-refractivity contribution is 0.588. The fourth-order valence-electron chi connectivity index (χ4n) is 1.38. The van der Waals surface area contributed by atoms with Crippen LogP contribution in [0.5, 0.6) is 0 Å². The minimum atomic E-state index is 0.221. The molecule has 13 heavy (non-hydrogen) atoms. The summed E-state index contributed by atoms with van der Waals surface area (Å²) in [4.78, 5) is 1.01. The van der Waals surface area contributed by atoms with Crippen molar-refractivity contribution in [2.45, 2.75) is 44.9 Å². The monoisotopic (exact) mass is 193 g/mol. The zero-order valence-corrected chi connectivity index (χ0v) is 9.88. The van der Waals surface area contributed by atoms with Gasteiger partial charge in [-0.2, -0.15) is 0 Å². The Bertz CT molecular complexity index is 295. The molecule has 1 aromatic rings. The van der Waals surface area contributed by atoms with Crippen LogP contribution in [0.3, 0.4) is 0 Å². The van der Waals surface area contributed by atoms with E-state index in [9.17, 15) is 0 Å². The van der Waals surface area contributed by atoms with Gasteiger partial charge >= 0.3 is 0 Å². The van der Waals surface area contributed by atoms with Crippen molar-refractivity contribution in [3.05, 3.63) is 28.8 Å². The van der Waals surface area contributed by atoms with Crippen LogP contribution in [-0.4, -0.2) is 0 Å². The predicted octanol–water partition coefficient (Wildman–Crippen LogP) is 4.16. The Morgan fingerprint density at radius 1 is 1.00 bits per heavy atom. The number of benzene rings is 1. The third-order valence-corrected chi connectivity index (χ3v) is 2.97. The molecule has 1 radical (unpaired) electrons. The highest BCUT2D eigenvalue weighted by Gasteiger charge is 2.15. The molecule has 0 amide bonds. The first-order chi connectivity index (χ1) is 5.82. The first kappa shape index (κ1) is 10.5. The quantitative estimate of drug-likeness (QED) is 0.580. The molecule has 1 rings (SSSR count). The predicted molar refractivity (Wildman–Crippen MR) is 60.5 cm³/mol. The van der Waals surface area contributed by atoms with Gasteiger partial charge in [0.05, 0.1) is 0 Å². The first-order valence-corrected chi connectivity index (χ1v) is 5.02.